The lowest BCUT2D eigenvalue weighted by molar-refractivity contribution is -0.123. The summed E-state index contributed by atoms with van der Waals surface area (Å²) in [6.45, 7) is 2.90. The van der Waals surface area contributed by atoms with Crippen LogP contribution in [0.25, 0.3) is 0 Å². The molecule has 0 radical (unpaired) electrons. The van der Waals surface area contributed by atoms with Gasteiger partial charge in [-0.15, -0.1) is 0 Å². The molecular formula is C10H20O5S. The maximum atomic E-state index is 11.8. The molecule has 0 saturated heterocycles. The fourth-order valence-electron chi connectivity index (χ4n) is 1.59. The Kier molecular flexibility index (Phi) is 6.78. The Bertz CT molecular complexity index is 309. The van der Waals surface area contributed by atoms with Crippen molar-refractivity contribution < 1.29 is 22.9 Å². The highest BCUT2D eigenvalue weighted by molar-refractivity contribution is 7.87. The maximum Gasteiger partial charge on any atom is 0.277 e. The van der Waals surface area contributed by atoms with Crippen molar-refractivity contribution in [3.05, 3.63) is 0 Å². The molecule has 16 heavy (non-hydrogen) atoms. The van der Waals surface area contributed by atoms with Crippen LogP contribution in [0.5, 0.6) is 0 Å². The standard InChI is InChI=1S/C10H20O5S/c1-3-5-6-8(4-2)10(12)9(7-11)16(13,14)15/h8-9,11H,3-7H2,1-2H3,(H,13,14,15). The van der Waals surface area contributed by atoms with Gasteiger partial charge in [-0.2, -0.15) is 8.42 Å². The summed E-state index contributed by atoms with van der Waals surface area (Å²) in [6, 6.07) is 0. The SMILES string of the molecule is CCCCC(CC)C(=O)C(CO)S(=O)(=O)O. The average Bonchev–Trinajstić information content (AvgIpc) is 2.17. The first-order valence-corrected chi connectivity index (χ1v) is 6.99. The number of aliphatic hydroxyl groups excluding tert-OH is 1. The molecule has 96 valence electrons. The number of Topliss-reactive ketones (excluding diaryl/α,β-unsaturated/α-hetero) is 1. The van der Waals surface area contributed by atoms with Crippen molar-refractivity contribution in [1.29, 1.82) is 0 Å². The van der Waals surface area contributed by atoms with E-state index in [0.717, 1.165) is 12.8 Å². The molecule has 0 spiro atoms. The number of hydrogen-bond donors (Lipinski definition) is 2. The van der Waals surface area contributed by atoms with Gasteiger partial charge < -0.3 is 5.11 Å². The summed E-state index contributed by atoms with van der Waals surface area (Å²) >= 11 is 0. The van der Waals surface area contributed by atoms with Gasteiger partial charge in [0.05, 0.1) is 6.61 Å². The van der Waals surface area contributed by atoms with Crippen LogP contribution in [-0.2, 0) is 14.9 Å². The van der Waals surface area contributed by atoms with Crippen molar-refractivity contribution >= 4 is 15.9 Å². The zero-order chi connectivity index (χ0) is 12.8. The van der Waals surface area contributed by atoms with Crippen LogP contribution in [0.2, 0.25) is 0 Å². The summed E-state index contributed by atoms with van der Waals surface area (Å²) in [7, 11) is -4.49. The molecule has 2 unspecified atom stereocenters. The van der Waals surface area contributed by atoms with Crippen molar-refractivity contribution in [1.82, 2.24) is 0 Å². The monoisotopic (exact) mass is 252 g/mol. The molecule has 5 nitrogen and oxygen atoms in total. The summed E-state index contributed by atoms with van der Waals surface area (Å²) in [6.07, 6.45) is 2.86. The third kappa shape index (κ3) is 4.59. The van der Waals surface area contributed by atoms with Crippen molar-refractivity contribution in [2.45, 2.75) is 44.8 Å². The normalized spacial score (nSPS) is 15.8. The smallest absolute Gasteiger partial charge is 0.277 e. The van der Waals surface area contributed by atoms with Crippen LogP contribution in [0.4, 0.5) is 0 Å². The number of aliphatic hydroxyl groups is 1. The first-order chi connectivity index (χ1) is 7.38. The van der Waals surface area contributed by atoms with E-state index in [-0.39, 0.29) is 0 Å². The molecule has 0 aromatic carbocycles. The van der Waals surface area contributed by atoms with Gasteiger partial charge in [0.15, 0.2) is 11.0 Å². The second-order valence-electron chi connectivity index (χ2n) is 3.84. The lowest BCUT2D eigenvalue weighted by atomic mass is 9.93. The molecule has 2 atom stereocenters. The van der Waals surface area contributed by atoms with Gasteiger partial charge in [-0.3, -0.25) is 9.35 Å². The summed E-state index contributed by atoms with van der Waals surface area (Å²) in [5.41, 5.74) is 0. The molecule has 0 rings (SSSR count). The lowest BCUT2D eigenvalue weighted by Gasteiger charge is -2.17. The summed E-state index contributed by atoms with van der Waals surface area (Å²) in [4.78, 5) is 11.8. The topological polar surface area (TPSA) is 91.7 Å². The Hall–Kier alpha value is -0.460. The van der Waals surface area contributed by atoms with Crippen LogP contribution in [0.3, 0.4) is 0 Å². The maximum absolute atomic E-state index is 11.8. The zero-order valence-corrected chi connectivity index (χ0v) is 10.5. The number of hydrogen-bond acceptors (Lipinski definition) is 4. The number of carbonyl (C=O) groups excluding carboxylic acids is 1. The minimum atomic E-state index is -4.49. The van der Waals surface area contributed by atoms with E-state index in [1.165, 1.54) is 0 Å². The molecule has 6 heteroatoms. The summed E-state index contributed by atoms with van der Waals surface area (Å²) in [5.74, 6) is -0.986. The minimum Gasteiger partial charge on any atom is -0.394 e. The quantitative estimate of drug-likeness (QED) is 0.629. The third-order valence-electron chi connectivity index (χ3n) is 2.64. The fraction of sp³-hybridized carbons (Fsp3) is 0.900. The lowest BCUT2D eigenvalue weighted by Crippen LogP contribution is -2.37. The van der Waals surface area contributed by atoms with E-state index in [2.05, 4.69) is 0 Å². The molecule has 0 heterocycles. The van der Waals surface area contributed by atoms with Crippen LogP contribution in [0, 0.1) is 5.92 Å². The van der Waals surface area contributed by atoms with Gasteiger partial charge in [-0.25, -0.2) is 0 Å². The third-order valence-corrected chi connectivity index (χ3v) is 3.74. The van der Waals surface area contributed by atoms with Gasteiger partial charge in [0, 0.05) is 5.92 Å². The minimum absolute atomic E-state index is 0.404. The van der Waals surface area contributed by atoms with Crippen LogP contribution >= 0.6 is 0 Å². The van der Waals surface area contributed by atoms with Gasteiger partial charge in [0.25, 0.3) is 10.1 Å². The highest BCUT2D eigenvalue weighted by Crippen LogP contribution is 2.18. The Balaban J connectivity index is 4.71. The van der Waals surface area contributed by atoms with Gasteiger partial charge in [-0.05, 0) is 12.8 Å². The molecule has 0 fully saturated rings. The van der Waals surface area contributed by atoms with E-state index >= 15 is 0 Å². The van der Waals surface area contributed by atoms with Crippen LogP contribution in [-0.4, -0.2) is 35.7 Å². The number of carbonyl (C=O) groups is 1. The van der Waals surface area contributed by atoms with Crippen molar-refractivity contribution in [3.8, 4) is 0 Å². The second kappa shape index (κ2) is 6.98. The van der Waals surface area contributed by atoms with Crippen molar-refractivity contribution in [2.75, 3.05) is 6.61 Å². The Morgan fingerprint density at radius 3 is 2.19 bits per heavy atom. The van der Waals surface area contributed by atoms with Gasteiger partial charge in [0.1, 0.15) is 0 Å². The van der Waals surface area contributed by atoms with E-state index in [1.807, 2.05) is 6.92 Å². The molecule has 0 aromatic rings. The number of ketones is 1. The largest absolute Gasteiger partial charge is 0.394 e. The molecule has 0 aromatic heterocycles. The Morgan fingerprint density at radius 1 is 1.31 bits per heavy atom. The highest BCUT2D eigenvalue weighted by Gasteiger charge is 2.34. The van der Waals surface area contributed by atoms with E-state index in [0.29, 0.717) is 12.8 Å². The van der Waals surface area contributed by atoms with Gasteiger partial charge in [0.2, 0.25) is 0 Å². The highest BCUT2D eigenvalue weighted by atomic mass is 32.2. The van der Waals surface area contributed by atoms with E-state index in [9.17, 15) is 13.2 Å². The Labute approximate surface area is 96.6 Å². The number of rotatable bonds is 8. The van der Waals surface area contributed by atoms with Crippen molar-refractivity contribution in [3.63, 3.8) is 0 Å². The van der Waals surface area contributed by atoms with E-state index < -0.39 is 33.7 Å². The molecule has 2 N–H and O–H groups in total. The summed E-state index contributed by atoms with van der Waals surface area (Å²) < 4.78 is 30.6. The molecule has 0 saturated carbocycles. The molecule has 0 bridgehead atoms. The fourth-order valence-corrected chi connectivity index (χ4v) is 2.27. The molecule has 0 aliphatic heterocycles. The predicted octanol–water partition coefficient (Wildman–Crippen LogP) is 1.02. The molecule has 0 amide bonds. The molecular weight excluding hydrogens is 232 g/mol. The van der Waals surface area contributed by atoms with Crippen LogP contribution in [0.1, 0.15) is 39.5 Å². The number of unbranched alkanes of at least 4 members (excludes halogenated alkanes) is 1. The zero-order valence-electron chi connectivity index (χ0n) is 9.72. The second-order valence-corrected chi connectivity index (χ2v) is 5.43. The van der Waals surface area contributed by atoms with Crippen LogP contribution < -0.4 is 0 Å². The van der Waals surface area contributed by atoms with Crippen LogP contribution in [0.15, 0.2) is 0 Å². The first-order valence-electron chi connectivity index (χ1n) is 5.49. The average molecular weight is 252 g/mol. The molecule has 0 aliphatic carbocycles. The first kappa shape index (κ1) is 15.5. The summed E-state index contributed by atoms with van der Waals surface area (Å²) in [5, 5.41) is 7.16. The Morgan fingerprint density at radius 2 is 1.88 bits per heavy atom. The molecule has 0 aliphatic rings. The van der Waals surface area contributed by atoms with Crippen molar-refractivity contribution in [2.24, 2.45) is 5.92 Å². The predicted molar refractivity (Wildman–Crippen MR) is 60.7 cm³/mol. The van der Waals surface area contributed by atoms with Gasteiger partial charge >= 0.3 is 0 Å². The van der Waals surface area contributed by atoms with E-state index in [1.54, 1.807) is 6.92 Å². The van der Waals surface area contributed by atoms with Gasteiger partial charge in [-0.1, -0.05) is 26.7 Å². The van der Waals surface area contributed by atoms with E-state index in [4.69, 9.17) is 9.66 Å².